The summed E-state index contributed by atoms with van der Waals surface area (Å²) in [5.74, 6) is 2.47. The number of piperidine rings is 1. The minimum absolute atomic E-state index is 0.235. The second kappa shape index (κ2) is 9.10. The number of hydrogen-bond acceptors (Lipinski definition) is 6. The molecule has 3 heterocycles. The highest BCUT2D eigenvalue weighted by Crippen LogP contribution is 2.46. The van der Waals surface area contributed by atoms with Gasteiger partial charge in [0.05, 0.1) is 18.6 Å². The predicted molar refractivity (Wildman–Crippen MR) is 111 cm³/mol. The number of amides is 1. The molecule has 2 aliphatic heterocycles. The Bertz CT molecular complexity index is 701. The molecule has 3 aliphatic rings. The highest BCUT2D eigenvalue weighted by molar-refractivity contribution is 5.83. The molecule has 0 aromatic carbocycles. The third kappa shape index (κ3) is 4.49. The smallest absolute Gasteiger partial charge is 0.227 e. The van der Waals surface area contributed by atoms with E-state index >= 15 is 0 Å². The van der Waals surface area contributed by atoms with Crippen molar-refractivity contribution in [2.75, 3.05) is 45.9 Å². The lowest BCUT2D eigenvalue weighted by Crippen LogP contribution is -2.60. The quantitative estimate of drug-likeness (QED) is 0.685. The van der Waals surface area contributed by atoms with Gasteiger partial charge < -0.3 is 15.4 Å². The Morgan fingerprint density at radius 3 is 2.90 bits per heavy atom. The molecule has 2 N–H and O–H groups in total. The van der Waals surface area contributed by atoms with E-state index in [2.05, 4.69) is 25.6 Å². The predicted octanol–water partition coefficient (Wildman–Crippen LogP) is 0.882. The Morgan fingerprint density at radius 2 is 2.14 bits per heavy atom. The zero-order valence-electron chi connectivity index (χ0n) is 18.0. The molecule has 8 nitrogen and oxygen atoms in total. The van der Waals surface area contributed by atoms with Crippen LogP contribution in [-0.2, 0) is 16.1 Å². The van der Waals surface area contributed by atoms with E-state index < -0.39 is 0 Å². The molecule has 1 amide bonds. The monoisotopic (exact) mass is 404 g/mol. The van der Waals surface area contributed by atoms with Gasteiger partial charge in [-0.25, -0.2) is 4.98 Å². The molecular weight excluding hydrogens is 368 g/mol. The van der Waals surface area contributed by atoms with E-state index in [1.807, 2.05) is 18.5 Å². The number of fused-ring (bicyclic) bond motifs is 1. The summed E-state index contributed by atoms with van der Waals surface area (Å²) in [6.07, 6.45) is 5.22. The molecule has 1 saturated carbocycles. The summed E-state index contributed by atoms with van der Waals surface area (Å²) in [5, 5.41) is 11.2. The highest BCUT2D eigenvalue weighted by atomic mass is 16.5. The molecular formula is C21H36N6O2. The molecule has 0 unspecified atom stereocenters. The number of aromatic nitrogens is 3. The molecule has 1 aromatic heterocycles. The number of carbonyl (C=O) groups is 1. The fraction of sp³-hybridized carbons (Fsp3) is 0.857. The van der Waals surface area contributed by atoms with E-state index in [4.69, 9.17) is 4.74 Å². The van der Waals surface area contributed by atoms with Gasteiger partial charge in [-0.1, -0.05) is 0 Å². The van der Waals surface area contributed by atoms with Crippen LogP contribution in [-0.4, -0.2) is 77.6 Å². The Kier molecular flexibility index (Phi) is 6.51. The van der Waals surface area contributed by atoms with Crippen molar-refractivity contribution in [1.82, 2.24) is 30.3 Å². The second-order valence-electron chi connectivity index (χ2n) is 8.93. The molecule has 162 valence electrons. The molecule has 8 heteroatoms. The number of morpholine rings is 1. The highest BCUT2D eigenvalue weighted by Gasteiger charge is 2.50. The Morgan fingerprint density at radius 1 is 1.31 bits per heavy atom. The molecule has 0 radical (unpaired) electrons. The van der Waals surface area contributed by atoms with Crippen molar-refractivity contribution >= 4 is 5.91 Å². The summed E-state index contributed by atoms with van der Waals surface area (Å²) in [6, 6.07) is 0.612. The van der Waals surface area contributed by atoms with Gasteiger partial charge in [0, 0.05) is 38.8 Å². The van der Waals surface area contributed by atoms with E-state index in [0.717, 1.165) is 89.7 Å². The summed E-state index contributed by atoms with van der Waals surface area (Å²) in [6.45, 7) is 11.0. The van der Waals surface area contributed by atoms with Crippen molar-refractivity contribution in [2.45, 2.75) is 58.5 Å². The van der Waals surface area contributed by atoms with Gasteiger partial charge >= 0.3 is 0 Å². The molecule has 3 fully saturated rings. The molecule has 4 rings (SSSR count). The third-order valence-corrected chi connectivity index (χ3v) is 7.18. The summed E-state index contributed by atoms with van der Waals surface area (Å²) in [7, 11) is 0. The van der Waals surface area contributed by atoms with Gasteiger partial charge in [-0.15, -0.1) is 0 Å². The zero-order valence-corrected chi connectivity index (χ0v) is 18.0. The van der Waals surface area contributed by atoms with Gasteiger partial charge in [0.2, 0.25) is 5.91 Å². The van der Waals surface area contributed by atoms with Gasteiger partial charge in [-0.3, -0.25) is 14.4 Å². The van der Waals surface area contributed by atoms with E-state index in [1.165, 1.54) is 0 Å². The number of ether oxygens (including phenoxy) is 1. The number of nitrogens with one attached hydrogen (secondary N) is 2. The van der Waals surface area contributed by atoms with E-state index in [-0.39, 0.29) is 11.3 Å². The minimum atomic E-state index is -0.235. The summed E-state index contributed by atoms with van der Waals surface area (Å²) in [4.78, 5) is 20.2. The first-order valence-corrected chi connectivity index (χ1v) is 11.3. The van der Waals surface area contributed by atoms with Gasteiger partial charge in [-0.2, -0.15) is 5.10 Å². The standard InChI is InChI=1S/C21H36N6O2/c1-16-24-17(2)27(25-16)9-3-7-23-20(28)21-6-4-19(26-10-12-29-13-11-26)14-18(21)5-8-22-15-21/h18-19,22H,3-15H2,1-2H3,(H,23,28)/t18-,19+,21-/m1/s1. The van der Waals surface area contributed by atoms with Crippen LogP contribution in [0.15, 0.2) is 0 Å². The van der Waals surface area contributed by atoms with Crippen LogP contribution in [0.1, 0.15) is 43.8 Å². The largest absolute Gasteiger partial charge is 0.379 e. The molecule has 0 bridgehead atoms. The van der Waals surface area contributed by atoms with Gasteiger partial charge in [0.1, 0.15) is 11.6 Å². The Labute approximate surface area is 173 Å². The van der Waals surface area contributed by atoms with Crippen molar-refractivity contribution in [1.29, 1.82) is 0 Å². The first-order chi connectivity index (χ1) is 14.1. The molecule has 3 atom stereocenters. The van der Waals surface area contributed by atoms with Crippen molar-refractivity contribution < 1.29 is 9.53 Å². The maximum absolute atomic E-state index is 13.3. The van der Waals surface area contributed by atoms with Crippen LogP contribution in [0.2, 0.25) is 0 Å². The fourth-order valence-corrected chi connectivity index (χ4v) is 5.55. The third-order valence-electron chi connectivity index (χ3n) is 7.18. The van der Waals surface area contributed by atoms with Crippen LogP contribution in [0.3, 0.4) is 0 Å². The van der Waals surface area contributed by atoms with Crippen molar-refractivity contribution in [3.63, 3.8) is 0 Å². The number of hydrogen-bond donors (Lipinski definition) is 2. The number of aryl methyl sites for hydroxylation is 3. The lowest BCUT2D eigenvalue weighted by Gasteiger charge is -2.50. The van der Waals surface area contributed by atoms with Crippen LogP contribution in [0, 0.1) is 25.2 Å². The average Bonchev–Trinajstić information content (AvgIpc) is 3.08. The normalized spacial score (nSPS) is 30.7. The van der Waals surface area contributed by atoms with E-state index in [0.29, 0.717) is 18.5 Å². The molecule has 1 aromatic rings. The Balaban J connectivity index is 1.31. The molecule has 29 heavy (non-hydrogen) atoms. The fourth-order valence-electron chi connectivity index (χ4n) is 5.55. The first kappa shape index (κ1) is 20.8. The van der Waals surface area contributed by atoms with Gasteiger partial charge in [-0.05, 0) is 58.4 Å². The van der Waals surface area contributed by atoms with E-state index in [1.54, 1.807) is 0 Å². The summed E-state index contributed by atoms with van der Waals surface area (Å²) >= 11 is 0. The molecule has 0 spiro atoms. The maximum atomic E-state index is 13.3. The van der Waals surface area contributed by atoms with Crippen molar-refractivity contribution in [3.05, 3.63) is 11.6 Å². The average molecular weight is 405 g/mol. The van der Waals surface area contributed by atoms with Crippen LogP contribution in [0.25, 0.3) is 0 Å². The van der Waals surface area contributed by atoms with Crippen molar-refractivity contribution in [2.24, 2.45) is 11.3 Å². The van der Waals surface area contributed by atoms with Crippen LogP contribution >= 0.6 is 0 Å². The van der Waals surface area contributed by atoms with Crippen LogP contribution in [0.5, 0.6) is 0 Å². The van der Waals surface area contributed by atoms with E-state index in [9.17, 15) is 4.79 Å². The lowest BCUT2D eigenvalue weighted by atomic mass is 9.61. The number of rotatable bonds is 6. The second-order valence-corrected chi connectivity index (χ2v) is 8.93. The molecule has 2 saturated heterocycles. The zero-order chi connectivity index (χ0) is 20.3. The Hall–Kier alpha value is -1.51. The van der Waals surface area contributed by atoms with Crippen molar-refractivity contribution in [3.8, 4) is 0 Å². The van der Waals surface area contributed by atoms with Gasteiger partial charge in [0.25, 0.3) is 0 Å². The first-order valence-electron chi connectivity index (χ1n) is 11.3. The number of carbonyl (C=O) groups excluding carboxylic acids is 1. The van der Waals surface area contributed by atoms with Gasteiger partial charge in [0.15, 0.2) is 0 Å². The van der Waals surface area contributed by atoms with Crippen LogP contribution < -0.4 is 10.6 Å². The lowest BCUT2D eigenvalue weighted by molar-refractivity contribution is -0.140. The minimum Gasteiger partial charge on any atom is -0.379 e. The molecule has 1 aliphatic carbocycles. The number of nitrogens with zero attached hydrogens (tertiary/aromatic N) is 4. The summed E-state index contributed by atoms with van der Waals surface area (Å²) < 4.78 is 7.45. The maximum Gasteiger partial charge on any atom is 0.227 e. The topological polar surface area (TPSA) is 84.3 Å². The van der Waals surface area contributed by atoms with Crippen LogP contribution in [0.4, 0.5) is 0 Å². The SMILES string of the molecule is Cc1nc(C)n(CCCNC(=O)[C@@]23CC[C@H](N4CCOCC4)C[C@H]2CCNC3)n1. The summed E-state index contributed by atoms with van der Waals surface area (Å²) in [5.41, 5.74) is -0.235.